The van der Waals surface area contributed by atoms with E-state index < -0.39 is 0 Å². The van der Waals surface area contributed by atoms with E-state index >= 15 is 0 Å². The molecular weight excluding hydrogens is 322 g/mol. The Labute approximate surface area is 126 Å². The first-order chi connectivity index (χ1) is 9.20. The van der Waals surface area contributed by atoms with Crippen LogP contribution in [-0.2, 0) is 4.79 Å². The van der Waals surface area contributed by atoms with Gasteiger partial charge in [0.1, 0.15) is 0 Å². The fourth-order valence-electron chi connectivity index (χ4n) is 2.62. The summed E-state index contributed by atoms with van der Waals surface area (Å²) < 4.78 is 1.06. The van der Waals surface area contributed by atoms with Crippen molar-refractivity contribution in [3.05, 3.63) is 40.9 Å². The largest absolute Gasteiger partial charge is 0.311 e. The zero-order chi connectivity index (χ0) is 13.4. The summed E-state index contributed by atoms with van der Waals surface area (Å²) >= 11 is 7.88. The van der Waals surface area contributed by atoms with Crippen LogP contribution in [0.4, 0.5) is 5.69 Å². The Morgan fingerprint density at radius 2 is 1.95 bits per heavy atom. The van der Waals surface area contributed by atoms with Crippen LogP contribution in [0.5, 0.6) is 0 Å². The molecule has 2 nitrogen and oxygen atoms in total. The quantitative estimate of drug-likeness (QED) is 0.825. The second kappa shape index (κ2) is 5.17. The van der Waals surface area contributed by atoms with Crippen LogP contribution < -0.4 is 4.90 Å². The SMILES string of the molecule is O=C1CC(CS)CN1c1ccc(Br)c2ccccc12. The summed E-state index contributed by atoms with van der Waals surface area (Å²) in [5.74, 6) is 1.32. The van der Waals surface area contributed by atoms with Crippen LogP contribution in [0.25, 0.3) is 10.8 Å². The maximum absolute atomic E-state index is 12.2. The van der Waals surface area contributed by atoms with Gasteiger partial charge in [-0.05, 0) is 29.2 Å². The van der Waals surface area contributed by atoms with Crippen LogP contribution in [0.15, 0.2) is 40.9 Å². The van der Waals surface area contributed by atoms with E-state index in [2.05, 4.69) is 40.7 Å². The number of fused-ring (bicyclic) bond motifs is 1. The molecule has 1 unspecified atom stereocenters. The molecule has 0 bridgehead atoms. The first kappa shape index (κ1) is 13.0. The van der Waals surface area contributed by atoms with Crippen molar-refractivity contribution in [3.8, 4) is 0 Å². The van der Waals surface area contributed by atoms with Gasteiger partial charge in [0.2, 0.25) is 5.91 Å². The van der Waals surface area contributed by atoms with Crippen molar-refractivity contribution in [2.75, 3.05) is 17.2 Å². The molecule has 2 aromatic carbocycles. The van der Waals surface area contributed by atoms with E-state index in [0.29, 0.717) is 12.3 Å². The third-order valence-corrected chi connectivity index (χ3v) is 4.81. The van der Waals surface area contributed by atoms with E-state index in [0.717, 1.165) is 33.2 Å². The number of hydrogen-bond acceptors (Lipinski definition) is 2. The number of carbonyl (C=O) groups is 1. The van der Waals surface area contributed by atoms with E-state index in [1.807, 2.05) is 29.2 Å². The number of carbonyl (C=O) groups excluding carboxylic acids is 1. The Bertz CT molecular complexity index is 643. The normalized spacial score (nSPS) is 19.4. The number of benzene rings is 2. The van der Waals surface area contributed by atoms with Crippen molar-refractivity contribution in [2.24, 2.45) is 5.92 Å². The Kier molecular flexibility index (Phi) is 3.54. The highest BCUT2D eigenvalue weighted by Crippen LogP contribution is 2.35. The highest BCUT2D eigenvalue weighted by Gasteiger charge is 2.30. The second-order valence-electron chi connectivity index (χ2n) is 4.87. The molecule has 98 valence electrons. The van der Waals surface area contributed by atoms with Gasteiger partial charge in [-0.15, -0.1) is 0 Å². The van der Waals surface area contributed by atoms with Gasteiger partial charge in [0.05, 0.1) is 5.69 Å². The molecule has 4 heteroatoms. The Hall–Kier alpha value is -1.00. The van der Waals surface area contributed by atoms with Crippen LogP contribution in [0.2, 0.25) is 0 Å². The Balaban J connectivity index is 2.11. The van der Waals surface area contributed by atoms with E-state index in [1.54, 1.807) is 0 Å². The standard InChI is InChI=1S/C15H14BrNOS/c16-13-5-6-14(12-4-2-1-3-11(12)13)17-8-10(9-19)7-15(17)18/h1-6,10,19H,7-9H2. The van der Waals surface area contributed by atoms with Gasteiger partial charge >= 0.3 is 0 Å². The monoisotopic (exact) mass is 335 g/mol. The van der Waals surface area contributed by atoms with Crippen LogP contribution in [0.1, 0.15) is 6.42 Å². The fraction of sp³-hybridized carbons (Fsp3) is 0.267. The summed E-state index contributed by atoms with van der Waals surface area (Å²) in [6, 6.07) is 12.2. The van der Waals surface area contributed by atoms with Gasteiger partial charge in [0.25, 0.3) is 0 Å². The van der Waals surface area contributed by atoms with E-state index in [-0.39, 0.29) is 5.91 Å². The number of thiol groups is 1. The fourth-order valence-corrected chi connectivity index (χ4v) is 3.34. The average Bonchev–Trinajstić information content (AvgIpc) is 2.81. The lowest BCUT2D eigenvalue weighted by Crippen LogP contribution is -2.24. The first-order valence-corrected chi connectivity index (χ1v) is 7.71. The Morgan fingerprint density at radius 3 is 2.63 bits per heavy atom. The number of nitrogens with zero attached hydrogens (tertiary/aromatic N) is 1. The topological polar surface area (TPSA) is 20.3 Å². The lowest BCUT2D eigenvalue weighted by Gasteiger charge is -2.19. The predicted molar refractivity (Wildman–Crippen MR) is 86.0 cm³/mol. The summed E-state index contributed by atoms with van der Waals surface area (Å²) in [6.07, 6.45) is 0.605. The van der Waals surface area contributed by atoms with Crippen LogP contribution in [-0.4, -0.2) is 18.2 Å². The first-order valence-electron chi connectivity index (χ1n) is 6.29. The molecule has 1 atom stereocenters. The number of amides is 1. The number of hydrogen-bond donors (Lipinski definition) is 1. The van der Waals surface area contributed by atoms with Gasteiger partial charge in [0.15, 0.2) is 0 Å². The van der Waals surface area contributed by atoms with Crippen LogP contribution in [0, 0.1) is 5.92 Å². The average molecular weight is 336 g/mol. The van der Waals surface area contributed by atoms with Gasteiger partial charge in [-0.1, -0.05) is 40.2 Å². The molecular formula is C15H14BrNOS. The minimum absolute atomic E-state index is 0.200. The summed E-state index contributed by atoms with van der Waals surface area (Å²) in [7, 11) is 0. The maximum atomic E-state index is 12.2. The summed E-state index contributed by atoms with van der Waals surface area (Å²) in [5.41, 5.74) is 1.01. The molecule has 0 aliphatic carbocycles. The molecule has 1 heterocycles. The molecule has 0 saturated carbocycles. The van der Waals surface area contributed by atoms with Crippen molar-refractivity contribution in [1.82, 2.24) is 0 Å². The third kappa shape index (κ3) is 2.28. The third-order valence-electron chi connectivity index (χ3n) is 3.60. The zero-order valence-electron chi connectivity index (χ0n) is 10.3. The molecule has 1 aliphatic heterocycles. The zero-order valence-corrected chi connectivity index (χ0v) is 12.8. The van der Waals surface area contributed by atoms with Crippen molar-refractivity contribution in [2.45, 2.75) is 6.42 Å². The molecule has 2 aromatic rings. The van der Waals surface area contributed by atoms with E-state index in [4.69, 9.17) is 0 Å². The molecule has 1 saturated heterocycles. The number of anilines is 1. The van der Waals surface area contributed by atoms with Crippen molar-refractivity contribution in [1.29, 1.82) is 0 Å². The van der Waals surface area contributed by atoms with E-state index in [1.165, 1.54) is 0 Å². The molecule has 19 heavy (non-hydrogen) atoms. The number of rotatable bonds is 2. The second-order valence-corrected chi connectivity index (χ2v) is 6.09. The molecule has 1 fully saturated rings. The summed E-state index contributed by atoms with van der Waals surface area (Å²) in [4.78, 5) is 14.1. The van der Waals surface area contributed by atoms with Crippen molar-refractivity contribution in [3.63, 3.8) is 0 Å². The molecule has 0 radical (unpaired) electrons. The van der Waals surface area contributed by atoms with Gasteiger partial charge < -0.3 is 4.90 Å². The molecule has 0 aromatic heterocycles. The smallest absolute Gasteiger partial charge is 0.227 e. The molecule has 3 rings (SSSR count). The van der Waals surface area contributed by atoms with Gasteiger partial charge in [-0.2, -0.15) is 12.6 Å². The van der Waals surface area contributed by atoms with Gasteiger partial charge in [0, 0.05) is 22.8 Å². The van der Waals surface area contributed by atoms with Gasteiger partial charge in [-0.3, -0.25) is 4.79 Å². The van der Waals surface area contributed by atoms with E-state index in [9.17, 15) is 4.79 Å². The number of halogens is 1. The summed E-state index contributed by atoms with van der Waals surface area (Å²) in [5, 5.41) is 2.26. The highest BCUT2D eigenvalue weighted by molar-refractivity contribution is 9.10. The molecule has 0 spiro atoms. The van der Waals surface area contributed by atoms with Gasteiger partial charge in [-0.25, -0.2) is 0 Å². The molecule has 1 aliphatic rings. The lowest BCUT2D eigenvalue weighted by molar-refractivity contribution is -0.117. The Morgan fingerprint density at radius 1 is 1.21 bits per heavy atom. The van der Waals surface area contributed by atoms with Crippen LogP contribution >= 0.6 is 28.6 Å². The van der Waals surface area contributed by atoms with Crippen molar-refractivity contribution >= 4 is 50.9 Å². The minimum atomic E-state index is 0.200. The predicted octanol–water partition coefficient (Wildman–Crippen LogP) is 3.89. The minimum Gasteiger partial charge on any atom is -0.311 e. The molecule has 0 N–H and O–H groups in total. The lowest BCUT2D eigenvalue weighted by atomic mass is 10.1. The summed E-state index contributed by atoms with van der Waals surface area (Å²) in [6.45, 7) is 0.772. The van der Waals surface area contributed by atoms with Crippen molar-refractivity contribution < 1.29 is 4.79 Å². The van der Waals surface area contributed by atoms with Crippen LogP contribution in [0.3, 0.4) is 0 Å². The molecule has 1 amide bonds. The maximum Gasteiger partial charge on any atom is 0.227 e. The highest BCUT2D eigenvalue weighted by atomic mass is 79.9.